The van der Waals surface area contributed by atoms with Crippen molar-refractivity contribution < 1.29 is 0.910 Å². The molecule has 0 saturated heterocycles. The summed E-state index contributed by atoms with van der Waals surface area (Å²) in [6.45, 7) is 4.60. The van der Waals surface area contributed by atoms with E-state index in [9.17, 15) is 0 Å². The molecular weight excluding hydrogens is 460 g/mol. The van der Waals surface area contributed by atoms with Gasteiger partial charge in [0, 0.05) is 11.1 Å². The standard InChI is InChI=1S/C16H18I2N/c1-13(15-9-5-3-6-10-15)19(17,18)14(2)16-11-7-4-8-12-16/h3-14H,1-2H3/q+1/t13-,14-/m1/s1. The molecule has 0 heterocycles. The lowest BCUT2D eigenvalue weighted by molar-refractivity contribution is -0.634. The summed E-state index contributed by atoms with van der Waals surface area (Å²) in [6, 6.07) is 22.4. The topological polar surface area (TPSA) is 0 Å². The molecule has 2 aromatic rings. The molecule has 0 radical (unpaired) electrons. The van der Waals surface area contributed by atoms with Crippen LogP contribution in [0.2, 0.25) is 0 Å². The number of hydrogen-bond donors (Lipinski definition) is 0. The Bertz CT molecular complexity index is 463. The Balaban J connectivity index is 2.27. The number of rotatable bonds is 4. The van der Waals surface area contributed by atoms with Crippen LogP contribution in [-0.2, 0) is 0 Å². The van der Waals surface area contributed by atoms with Crippen LogP contribution >= 0.6 is 45.7 Å². The van der Waals surface area contributed by atoms with E-state index in [4.69, 9.17) is 0 Å². The number of nitrogens with zero attached hydrogens (tertiary/aromatic N) is 1. The Hall–Kier alpha value is -0.140. The van der Waals surface area contributed by atoms with Crippen molar-refractivity contribution in [3.8, 4) is 0 Å². The van der Waals surface area contributed by atoms with Crippen molar-refractivity contribution in [2.75, 3.05) is 0 Å². The van der Waals surface area contributed by atoms with Gasteiger partial charge < -0.3 is 0 Å². The predicted molar refractivity (Wildman–Crippen MR) is 98.0 cm³/mol. The van der Waals surface area contributed by atoms with Gasteiger partial charge in [-0.15, -0.1) is 0 Å². The molecule has 0 saturated carbocycles. The van der Waals surface area contributed by atoms with Crippen LogP contribution in [0.25, 0.3) is 0 Å². The summed E-state index contributed by atoms with van der Waals surface area (Å²) in [7, 11) is 0. The summed E-state index contributed by atoms with van der Waals surface area (Å²) in [4.78, 5) is 0. The summed E-state index contributed by atoms with van der Waals surface area (Å²) in [5, 5.41) is 0. The Morgan fingerprint density at radius 1 is 0.684 bits per heavy atom. The number of quaternary nitrogens is 1. The van der Waals surface area contributed by atoms with Gasteiger partial charge in [0.15, 0.2) is 0 Å². The highest BCUT2D eigenvalue weighted by atomic mass is 127. The van der Waals surface area contributed by atoms with E-state index in [-0.39, 0.29) is 0 Å². The first-order chi connectivity index (χ1) is 9.03. The van der Waals surface area contributed by atoms with Crippen LogP contribution in [0, 0.1) is 0 Å². The first-order valence-electron chi connectivity index (χ1n) is 6.41. The van der Waals surface area contributed by atoms with Crippen LogP contribution in [-0.4, -0.2) is 0.910 Å². The quantitative estimate of drug-likeness (QED) is 0.372. The predicted octanol–water partition coefficient (Wildman–Crippen LogP) is 6.03. The molecular formula is C16H18I2N+. The maximum atomic E-state index is 2.56. The number of benzene rings is 2. The van der Waals surface area contributed by atoms with Gasteiger partial charge in [0.1, 0.15) is 12.1 Å². The molecule has 19 heavy (non-hydrogen) atoms. The normalized spacial score (nSPS) is 14.9. The van der Waals surface area contributed by atoms with Gasteiger partial charge >= 0.3 is 0 Å². The molecule has 0 aliphatic carbocycles. The van der Waals surface area contributed by atoms with Gasteiger partial charge in [0.25, 0.3) is 45.7 Å². The van der Waals surface area contributed by atoms with Crippen molar-refractivity contribution in [3.63, 3.8) is 0 Å². The molecule has 100 valence electrons. The van der Waals surface area contributed by atoms with Gasteiger partial charge in [-0.3, -0.25) is 0 Å². The van der Waals surface area contributed by atoms with Crippen molar-refractivity contribution in [2.24, 2.45) is 0 Å². The fourth-order valence-corrected chi connectivity index (χ4v) is 3.48. The minimum atomic E-state index is 0.442. The highest BCUT2D eigenvalue weighted by Gasteiger charge is 2.38. The van der Waals surface area contributed by atoms with Crippen LogP contribution in [0.5, 0.6) is 0 Å². The molecule has 0 N–H and O–H groups in total. The van der Waals surface area contributed by atoms with Gasteiger partial charge in [-0.25, -0.2) is 0 Å². The third kappa shape index (κ3) is 3.49. The number of hydrogen-bond acceptors (Lipinski definition) is 0. The molecule has 0 aliphatic heterocycles. The molecule has 2 aromatic carbocycles. The Morgan fingerprint density at radius 3 is 1.32 bits per heavy atom. The van der Waals surface area contributed by atoms with Gasteiger partial charge in [-0.05, 0) is 13.8 Å². The first kappa shape index (κ1) is 15.3. The van der Waals surface area contributed by atoms with Crippen molar-refractivity contribution >= 4 is 45.7 Å². The SMILES string of the molecule is C[C@H](c1ccccc1)[N+](I)(I)[C@H](C)c1ccccc1. The zero-order valence-corrected chi connectivity index (χ0v) is 15.4. The maximum absolute atomic E-state index is 2.56. The highest BCUT2D eigenvalue weighted by Crippen LogP contribution is 2.47. The molecule has 2 atom stereocenters. The van der Waals surface area contributed by atoms with Crippen molar-refractivity contribution in [1.29, 1.82) is 0 Å². The zero-order chi connectivity index (χ0) is 13.9. The summed E-state index contributed by atoms with van der Waals surface area (Å²) in [5.74, 6) is 0. The van der Waals surface area contributed by atoms with Gasteiger partial charge in [0.05, 0.1) is 0 Å². The van der Waals surface area contributed by atoms with Gasteiger partial charge in [0.2, 0.25) is 0 Å². The molecule has 2 rings (SSSR count). The fraction of sp³-hybridized carbons (Fsp3) is 0.250. The lowest BCUT2D eigenvalue weighted by atomic mass is 10.0. The van der Waals surface area contributed by atoms with E-state index in [0.717, 1.165) is 0.910 Å². The molecule has 0 fully saturated rings. The fourth-order valence-electron chi connectivity index (χ4n) is 2.20. The summed E-state index contributed by atoms with van der Waals surface area (Å²) in [5.41, 5.74) is 2.77. The summed E-state index contributed by atoms with van der Waals surface area (Å²) >= 11 is 5.12. The molecule has 0 aromatic heterocycles. The Labute approximate surface area is 143 Å². The van der Waals surface area contributed by atoms with E-state index in [1.54, 1.807) is 0 Å². The van der Waals surface area contributed by atoms with Crippen molar-refractivity contribution in [1.82, 2.24) is 0 Å². The minimum Gasteiger partial charge on any atom is -0.200 e. The molecule has 1 nitrogen and oxygen atoms in total. The molecule has 0 spiro atoms. The van der Waals surface area contributed by atoms with Crippen LogP contribution in [0.4, 0.5) is 0 Å². The average molecular weight is 478 g/mol. The third-order valence-electron chi connectivity index (χ3n) is 3.60. The Morgan fingerprint density at radius 2 is 1.00 bits per heavy atom. The second-order valence-electron chi connectivity index (χ2n) is 4.78. The van der Waals surface area contributed by atoms with E-state index < -0.39 is 0 Å². The van der Waals surface area contributed by atoms with Crippen molar-refractivity contribution in [2.45, 2.75) is 25.9 Å². The zero-order valence-electron chi connectivity index (χ0n) is 11.1. The second-order valence-corrected chi connectivity index (χ2v) is 9.82. The van der Waals surface area contributed by atoms with E-state index in [1.165, 1.54) is 11.1 Å². The van der Waals surface area contributed by atoms with E-state index in [2.05, 4.69) is 120 Å². The molecule has 0 aliphatic rings. The molecule has 0 bridgehead atoms. The van der Waals surface area contributed by atoms with E-state index in [0.29, 0.717) is 12.1 Å². The minimum absolute atomic E-state index is 0.442. The van der Waals surface area contributed by atoms with E-state index in [1.807, 2.05) is 0 Å². The molecule has 0 amide bonds. The maximum Gasteiger partial charge on any atom is 0.258 e. The Kier molecular flexibility index (Phi) is 5.25. The largest absolute Gasteiger partial charge is 0.258 e. The first-order valence-corrected chi connectivity index (χ1v) is 8.34. The highest BCUT2D eigenvalue weighted by molar-refractivity contribution is 14.2. The van der Waals surface area contributed by atoms with Crippen LogP contribution in [0.15, 0.2) is 60.7 Å². The average Bonchev–Trinajstić information content (AvgIpc) is 2.47. The van der Waals surface area contributed by atoms with Crippen LogP contribution in [0.1, 0.15) is 37.1 Å². The lowest BCUT2D eigenvalue weighted by Gasteiger charge is -2.35. The second kappa shape index (κ2) is 6.54. The molecule has 3 heteroatoms. The van der Waals surface area contributed by atoms with Gasteiger partial charge in [-0.1, -0.05) is 60.7 Å². The number of halogens is 2. The van der Waals surface area contributed by atoms with E-state index >= 15 is 0 Å². The smallest absolute Gasteiger partial charge is 0.200 e. The summed E-state index contributed by atoms with van der Waals surface area (Å²) in [6.07, 6.45) is 0. The third-order valence-corrected chi connectivity index (χ3v) is 6.94. The monoisotopic (exact) mass is 478 g/mol. The van der Waals surface area contributed by atoms with Crippen LogP contribution in [0.3, 0.4) is 0 Å². The van der Waals surface area contributed by atoms with Gasteiger partial charge in [-0.2, -0.15) is 0.910 Å². The van der Waals surface area contributed by atoms with Crippen molar-refractivity contribution in [3.05, 3.63) is 71.8 Å². The van der Waals surface area contributed by atoms with Crippen LogP contribution < -0.4 is 0 Å². The lowest BCUT2D eigenvalue weighted by Crippen LogP contribution is -2.31. The summed E-state index contributed by atoms with van der Waals surface area (Å²) < 4.78 is 0.892. The molecule has 0 unspecified atom stereocenters.